The van der Waals surface area contributed by atoms with Crippen molar-refractivity contribution in [3.05, 3.63) is 0 Å². The number of amides is 3. The number of aliphatic imine (C=N–C) groups is 1. The van der Waals surface area contributed by atoms with Gasteiger partial charge in [-0.05, 0) is 26.7 Å². The summed E-state index contributed by atoms with van der Waals surface area (Å²) in [5, 5.41) is 16.0. The smallest absolute Gasteiger partial charge is 0.325 e. The zero-order valence-electron chi connectivity index (χ0n) is 14.8. The third-order valence-corrected chi connectivity index (χ3v) is 3.26. The van der Waals surface area contributed by atoms with Gasteiger partial charge in [0, 0.05) is 6.54 Å². The Kier molecular flexibility index (Phi) is 10.3. The Morgan fingerprint density at radius 2 is 1.62 bits per heavy atom. The highest BCUT2D eigenvalue weighted by Gasteiger charge is 2.26. The number of hydrogen-bond acceptors (Lipinski definition) is 6. The normalized spacial score (nSPS) is 13.7. The van der Waals surface area contributed by atoms with Gasteiger partial charge in [0.2, 0.25) is 17.7 Å². The van der Waals surface area contributed by atoms with Gasteiger partial charge in [-0.1, -0.05) is 0 Å². The molecular weight excluding hydrogens is 346 g/mol. The summed E-state index contributed by atoms with van der Waals surface area (Å²) >= 11 is 0. The van der Waals surface area contributed by atoms with Crippen molar-refractivity contribution in [2.45, 2.75) is 44.8 Å². The van der Waals surface area contributed by atoms with Crippen LogP contribution in [0, 0.1) is 0 Å². The SMILES string of the molecule is CC(NC(=O)C(CCCN=C(N)N)NC(=O)C(C)NC(=O)CN)C(=O)O. The van der Waals surface area contributed by atoms with Crippen LogP contribution in [0.5, 0.6) is 0 Å². The highest BCUT2D eigenvalue weighted by atomic mass is 16.4. The van der Waals surface area contributed by atoms with Gasteiger partial charge in [-0.3, -0.25) is 24.2 Å². The van der Waals surface area contributed by atoms with Gasteiger partial charge in [0.1, 0.15) is 18.1 Å². The number of rotatable bonds is 11. The fourth-order valence-electron chi connectivity index (χ4n) is 1.81. The average molecular weight is 373 g/mol. The summed E-state index contributed by atoms with van der Waals surface area (Å²) in [6, 6.07) is -3.07. The van der Waals surface area contributed by atoms with E-state index in [0.717, 1.165) is 0 Å². The van der Waals surface area contributed by atoms with Crippen LogP contribution in [0.2, 0.25) is 0 Å². The molecule has 0 rings (SSSR count). The Balaban J connectivity index is 4.92. The molecule has 0 fully saturated rings. The molecule has 0 aliphatic rings. The molecule has 3 amide bonds. The number of carbonyl (C=O) groups is 4. The molecule has 0 saturated heterocycles. The summed E-state index contributed by atoms with van der Waals surface area (Å²) in [5.41, 5.74) is 15.6. The second-order valence-corrected chi connectivity index (χ2v) is 5.57. The quantitative estimate of drug-likeness (QED) is 0.110. The van der Waals surface area contributed by atoms with Crippen LogP contribution in [0.4, 0.5) is 0 Å². The second kappa shape index (κ2) is 11.6. The minimum Gasteiger partial charge on any atom is -0.480 e. The zero-order chi connectivity index (χ0) is 20.3. The molecule has 0 aromatic carbocycles. The number of nitrogens with zero attached hydrogens (tertiary/aromatic N) is 1. The van der Waals surface area contributed by atoms with Gasteiger partial charge < -0.3 is 38.3 Å². The topological polar surface area (TPSA) is 215 Å². The summed E-state index contributed by atoms with van der Waals surface area (Å²) in [4.78, 5) is 50.3. The summed E-state index contributed by atoms with van der Waals surface area (Å²) in [7, 11) is 0. The number of carbonyl (C=O) groups excluding carboxylic acids is 3. The van der Waals surface area contributed by atoms with E-state index in [4.69, 9.17) is 22.3 Å². The average Bonchev–Trinajstić information content (AvgIpc) is 2.56. The van der Waals surface area contributed by atoms with Crippen molar-refractivity contribution >= 4 is 29.7 Å². The first kappa shape index (κ1) is 23.1. The minimum atomic E-state index is -1.22. The zero-order valence-corrected chi connectivity index (χ0v) is 14.8. The van der Waals surface area contributed by atoms with E-state index >= 15 is 0 Å². The summed E-state index contributed by atoms with van der Waals surface area (Å²) in [6.07, 6.45) is 0.527. The lowest BCUT2D eigenvalue weighted by Crippen LogP contribution is -2.55. The Bertz CT molecular complexity index is 548. The van der Waals surface area contributed by atoms with Gasteiger partial charge in [-0.15, -0.1) is 0 Å². The van der Waals surface area contributed by atoms with Crippen molar-refractivity contribution in [2.24, 2.45) is 22.2 Å². The minimum absolute atomic E-state index is 0.104. The van der Waals surface area contributed by atoms with Crippen LogP contribution in [-0.2, 0) is 19.2 Å². The van der Waals surface area contributed by atoms with Gasteiger partial charge in [0.25, 0.3) is 0 Å². The molecule has 12 heteroatoms. The molecule has 0 aliphatic carbocycles. The molecule has 0 radical (unpaired) electrons. The third kappa shape index (κ3) is 9.42. The molecule has 10 N–H and O–H groups in total. The van der Waals surface area contributed by atoms with Crippen LogP contribution in [0.25, 0.3) is 0 Å². The van der Waals surface area contributed by atoms with Gasteiger partial charge in [-0.2, -0.15) is 0 Å². The monoisotopic (exact) mass is 373 g/mol. The van der Waals surface area contributed by atoms with Crippen LogP contribution in [0.15, 0.2) is 4.99 Å². The molecule has 0 heterocycles. The van der Waals surface area contributed by atoms with E-state index in [-0.39, 0.29) is 25.5 Å². The Morgan fingerprint density at radius 3 is 2.12 bits per heavy atom. The number of guanidine groups is 1. The lowest BCUT2D eigenvalue weighted by molar-refractivity contribution is -0.141. The first-order valence-corrected chi connectivity index (χ1v) is 7.96. The van der Waals surface area contributed by atoms with Crippen LogP contribution in [-0.4, -0.2) is 66.0 Å². The van der Waals surface area contributed by atoms with Crippen molar-refractivity contribution in [1.82, 2.24) is 16.0 Å². The molecule has 12 nitrogen and oxygen atoms in total. The summed E-state index contributed by atoms with van der Waals surface area (Å²) < 4.78 is 0. The Labute approximate surface area is 150 Å². The number of nitrogens with two attached hydrogens (primary N) is 3. The fourth-order valence-corrected chi connectivity index (χ4v) is 1.81. The molecule has 3 unspecified atom stereocenters. The molecule has 0 aliphatic heterocycles. The summed E-state index contributed by atoms with van der Waals surface area (Å²) in [6.45, 7) is 2.67. The van der Waals surface area contributed by atoms with E-state index in [2.05, 4.69) is 20.9 Å². The van der Waals surface area contributed by atoms with Crippen LogP contribution >= 0.6 is 0 Å². The number of hydrogen-bond donors (Lipinski definition) is 7. The van der Waals surface area contributed by atoms with Crippen molar-refractivity contribution in [1.29, 1.82) is 0 Å². The first-order valence-electron chi connectivity index (χ1n) is 7.96. The third-order valence-electron chi connectivity index (χ3n) is 3.26. The van der Waals surface area contributed by atoms with Crippen LogP contribution in [0.3, 0.4) is 0 Å². The molecule has 0 aromatic rings. The van der Waals surface area contributed by atoms with Gasteiger partial charge in [0.15, 0.2) is 5.96 Å². The maximum atomic E-state index is 12.2. The van der Waals surface area contributed by atoms with Crippen LogP contribution < -0.4 is 33.2 Å². The highest BCUT2D eigenvalue weighted by molar-refractivity contribution is 5.93. The predicted molar refractivity (Wildman–Crippen MR) is 93.7 cm³/mol. The lowest BCUT2D eigenvalue weighted by Gasteiger charge is -2.22. The van der Waals surface area contributed by atoms with Crippen molar-refractivity contribution in [3.8, 4) is 0 Å². The lowest BCUT2D eigenvalue weighted by atomic mass is 10.1. The largest absolute Gasteiger partial charge is 0.480 e. The number of aliphatic carboxylic acids is 1. The Hall–Kier alpha value is -2.89. The number of nitrogens with one attached hydrogen (secondary N) is 3. The predicted octanol–water partition coefficient (Wildman–Crippen LogP) is -3.42. The maximum absolute atomic E-state index is 12.2. The van der Waals surface area contributed by atoms with Gasteiger partial charge >= 0.3 is 5.97 Å². The summed E-state index contributed by atoms with van der Waals surface area (Å²) in [5.74, 6) is -3.13. The van der Waals surface area contributed by atoms with Crippen LogP contribution in [0.1, 0.15) is 26.7 Å². The Morgan fingerprint density at radius 1 is 1.00 bits per heavy atom. The van der Waals surface area contributed by atoms with E-state index in [9.17, 15) is 19.2 Å². The molecular formula is C14H27N7O5. The first-order chi connectivity index (χ1) is 12.1. The van der Waals surface area contributed by atoms with Crippen molar-refractivity contribution < 1.29 is 24.3 Å². The highest BCUT2D eigenvalue weighted by Crippen LogP contribution is 2.01. The maximum Gasteiger partial charge on any atom is 0.325 e. The second-order valence-electron chi connectivity index (χ2n) is 5.57. The van der Waals surface area contributed by atoms with E-state index in [1.54, 1.807) is 0 Å². The van der Waals surface area contributed by atoms with Crippen molar-refractivity contribution in [2.75, 3.05) is 13.1 Å². The fraction of sp³-hybridized carbons (Fsp3) is 0.643. The van der Waals surface area contributed by atoms with E-state index < -0.39 is 41.8 Å². The van der Waals surface area contributed by atoms with E-state index in [0.29, 0.717) is 6.42 Å². The standard InChI is InChI=1S/C14H27N7O5/c1-7(19-10(22)6-15)11(23)21-9(4-3-5-18-14(16)17)12(24)20-8(2)13(25)26/h7-9H,3-6,15H2,1-2H3,(H,19,22)(H,20,24)(H,21,23)(H,25,26)(H4,16,17,18). The molecule has 0 saturated carbocycles. The van der Waals surface area contributed by atoms with Crippen molar-refractivity contribution in [3.63, 3.8) is 0 Å². The molecule has 3 atom stereocenters. The van der Waals surface area contributed by atoms with E-state index in [1.807, 2.05) is 0 Å². The number of carboxylic acid groups (broad SMARTS) is 1. The molecule has 148 valence electrons. The molecule has 0 aromatic heterocycles. The van der Waals surface area contributed by atoms with Gasteiger partial charge in [-0.25, -0.2) is 0 Å². The molecule has 0 bridgehead atoms. The molecule has 26 heavy (non-hydrogen) atoms. The number of carboxylic acids is 1. The van der Waals surface area contributed by atoms with E-state index in [1.165, 1.54) is 13.8 Å². The van der Waals surface area contributed by atoms with Gasteiger partial charge in [0.05, 0.1) is 6.54 Å². The molecule has 0 spiro atoms.